The molecule has 0 heterocycles. The molecule has 24 heavy (non-hydrogen) atoms. The predicted molar refractivity (Wildman–Crippen MR) is 101 cm³/mol. The second-order valence-electron chi connectivity index (χ2n) is 5.51. The van der Waals surface area contributed by atoms with E-state index in [0.29, 0.717) is 24.6 Å². The van der Waals surface area contributed by atoms with Crippen LogP contribution >= 0.6 is 0 Å². The van der Waals surface area contributed by atoms with E-state index in [-0.39, 0.29) is 5.91 Å². The van der Waals surface area contributed by atoms with Gasteiger partial charge in [0, 0.05) is 19.6 Å². The van der Waals surface area contributed by atoms with Gasteiger partial charge in [-0.3, -0.25) is 4.90 Å². The Morgan fingerprint density at radius 3 is 1.88 bits per heavy atom. The van der Waals surface area contributed by atoms with Crippen molar-refractivity contribution < 1.29 is 27.2 Å². The quantitative estimate of drug-likeness (QED) is 0.348. The average Bonchev–Trinajstić information content (AvgIpc) is 2.61. The van der Waals surface area contributed by atoms with Crippen LogP contribution < -0.4 is 0 Å². The van der Waals surface area contributed by atoms with E-state index in [1.165, 1.54) is 25.7 Å². The van der Waals surface area contributed by atoms with Gasteiger partial charge in [-0.05, 0) is 32.5 Å². The molecule has 0 N–H and O–H groups in total. The summed E-state index contributed by atoms with van der Waals surface area (Å²) in [4.78, 5) is 16.4. The van der Waals surface area contributed by atoms with Crippen LogP contribution in [0.2, 0.25) is 0 Å². The first-order valence-electron chi connectivity index (χ1n) is 8.64. The van der Waals surface area contributed by atoms with E-state index >= 15 is 0 Å². The number of rotatable bonds is 15. The molecule has 0 aromatic rings. The van der Waals surface area contributed by atoms with Gasteiger partial charge in [-0.2, -0.15) is 18.1 Å². The number of amides is 1. The maximum atomic E-state index is 11.8. The summed E-state index contributed by atoms with van der Waals surface area (Å²) < 4.78 is 8.22. The zero-order valence-electron chi connectivity index (χ0n) is 15.0. The van der Waals surface area contributed by atoms with Crippen LogP contribution in [0.1, 0.15) is 39.5 Å². The molecule has 0 spiro atoms. The van der Waals surface area contributed by atoms with Gasteiger partial charge in [0.25, 0.3) is 0 Å². The zero-order valence-corrected chi connectivity index (χ0v) is 18.5. The predicted octanol–water partition coefficient (Wildman–Crippen LogP) is 2.06. The number of hydrogen-bond acceptors (Lipinski definition) is 6. The fraction of sp³-hybridized carbons (Fsp3) is 0.938. The van der Waals surface area contributed by atoms with Gasteiger partial charge in [0.1, 0.15) is 0 Å². The molecule has 8 heteroatoms. The third-order valence-corrected chi connectivity index (χ3v) is 3.90. The fourth-order valence-corrected chi connectivity index (χ4v) is 2.54. The SMILES string of the molecule is CCCCN(CCCC)CCN(CC[S-])CC(=O)[N-]CC[S-].[O]=[99Tc+3]. The molecular weight excluding hydrogens is 429 g/mol. The first kappa shape index (κ1) is 26.8. The molecule has 0 aliphatic heterocycles. The van der Waals surface area contributed by atoms with E-state index in [4.69, 9.17) is 28.8 Å². The number of carbonyl (C=O) groups is 1. The Morgan fingerprint density at radius 1 is 0.875 bits per heavy atom. The Bertz CT molecular complexity index is 282. The molecule has 0 rings (SSSR count). The molecule has 0 unspecified atom stereocenters. The van der Waals surface area contributed by atoms with Gasteiger partial charge in [-0.15, -0.1) is 0 Å². The van der Waals surface area contributed by atoms with Crippen LogP contribution in [-0.2, 0) is 52.4 Å². The van der Waals surface area contributed by atoms with E-state index in [2.05, 4.69) is 29.0 Å². The molecule has 1 amide bonds. The molecule has 0 aromatic heterocycles. The van der Waals surface area contributed by atoms with Crippen LogP contribution in [0.15, 0.2) is 0 Å². The summed E-state index contributed by atoms with van der Waals surface area (Å²) in [5.74, 6) is 1.09. The van der Waals surface area contributed by atoms with E-state index in [1.54, 1.807) is 0 Å². The molecule has 0 radical (unpaired) electrons. The van der Waals surface area contributed by atoms with Crippen LogP contribution in [0.3, 0.4) is 0 Å². The van der Waals surface area contributed by atoms with E-state index < -0.39 is 0 Å². The third kappa shape index (κ3) is 17.4. The van der Waals surface area contributed by atoms with Gasteiger partial charge in [0.05, 0.1) is 5.91 Å². The monoisotopic (exact) mass is 461 g/mol. The van der Waals surface area contributed by atoms with Crippen molar-refractivity contribution in [3.8, 4) is 0 Å². The van der Waals surface area contributed by atoms with Gasteiger partial charge < -0.3 is 40.3 Å². The number of hydrogen-bond donors (Lipinski definition) is 0. The standard InChI is InChI=1S/C16H35N3OS2.O.Tc/c1-3-5-8-18(9-6-4-2)10-11-19(12-14-22)15-16(20)17-7-13-21;;/h3-15H2,1-2H3,(H3,17,20,21,22);;/q;;+3/p-3/i;;1+1. The Labute approximate surface area is 169 Å². The van der Waals surface area contributed by atoms with Crippen molar-refractivity contribution >= 4 is 31.2 Å². The fourth-order valence-electron chi connectivity index (χ4n) is 2.19. The summed E-state index contributed by atoms with van der Waals surface area (Å²) >= 11 is 10.8. The molecule has 5 nitrogen and oxygen atoms in total. The van der Waals surface area contributed by atoms with Gasteiger partial charge >= 0.3 is 22.4 Å². The van der Waals surface area contributed by atoms with Crippen molar-refractivity contribution in [2.24, 2.45) is 0 Å². The van der Waals surface area contributed by atoms with Gasteiger partial charge in [-0.25, -0.2) is 0 Å². The van der Waals surface area contributed by atoms with Gasteiger partial charge in [0.2, 0.25) is 0 Å². The topological polar surface area (TPSA) is 54.7 Å². The van der Waals surface area contributed by atoms with Crippen LogP contribution in [0.4, 0.5) is 0 Å². The Morgan fingerprint density at radius 2 is 1.42 bits per heavy atom. The van der Waals surface area contributed by atoms with Crippen LogP contribution in [-0.4, -0.2) is 73.0 Å². The van der Waals surface area contributed by atoms with Crippen molar-refractivity contribution in [3.05, 3.63) is 5.32 Å². The number of unbranched alkanes of at least 4 members (excludes halogenated alkanes) is 2. The van der Waals surface area contributed by atoms with E-state index in [9.17, 15) is 4.79 Å². The van der Waals surface area contributed by atoms with Crippen molar-refractivity contribution in [2.75, 3.05) is 57.3 Å². The van der Waals surface area contributed by atoms with Crippen molar-refractivity contribution in [3.63, 3.8) is 0 Å². The van der Waals surface area contributed by atoms with Crippen molar-refractivity contribution in [2.45, 2.75) is 39.5 Å². The number of nitrogens with zero attached hydrogens (tertiary/aromatic N) is 3. The summed E-state index contributed by atoms with van der Waals surface area (Å²) in [6.07, 6.45) is 4.91. The molecule has 0 aliphatic carbocycles. The molecule has 0 aliphatic rings. The molecular formula is C16H32N3O2S2Tc. The van der Waals surface area contributed by atoms with Crippen molar-refractivity contribution in [1.29, 1.82) is 0 Å². The summed E-state index contributed by atoms with van der Waals surface area (Å²) in [5, 5.41) is 3.96. The second-order valence-corrected chi connectivity index (χ2v) is 6.33. The first-order chi connectivity index (χ1) is 11.7. The molecule has 142 valence electrons. The molecule has 0 fully saturated rings. The molecule has 0 saturated carbocycles. The Hall–Kier alpha value is 0.539. The molecule has 0 bridgehead atoms. The van der Waals surface area contributed by atoms with E-state index in [0.717, 1.165) is 51.6 Å². The molecule has 0 aromatic carbocycles. The van der Waals surface area contributed by atoms with Gasteiger partial charge in [0.15, 0.2) is 0 Å². The van der Waals surface area contributed by atoms with Crippen LogP contribution in [0.25, 0.3) is 5.32 Å². The summed E-state index contributed by atoms with van der Waals surface area (Å²) in [6.45, 7) is 10.2. The molecule has 0 atom stereocenters. The van der Waals surface area contributed by atoms with Crippen molar-refractivity contribution in [1.82, 2.24) is 9.80 Å². The Kier molecular flexibility index (Phi) is 24.1. The second kappa shape index (κ2) is 21.6. The summed E-state index contributed by atoms with van der Waals surface area (Å²) in [6, 6.07) is 0. The zero-order chi connectivity index (χ0) is 18.6. The van der Waals surface area contributed by atoms with Gasteiger partial charge in [-0.1, -0.05) is 26.7 Å². The minimum absolute atomic E-state index is 0.0676. The first-order valence-corrected chi connectivity index (χ1v) is 10.6. The third-order valence-electron chi connectivity index (χ3n) is 3.53. The normalized spacial score (nSPS) is 10.5. The summed E-state index contributed by atoms with van der Waals surface area (Å²) in [5.41, 5.74) is 0. The minimum atomic E-state index is -0.0676. The molecule has 0 saturated heterocycles. The average molecular weight is 461 g/mol. The van der Waals surface area contributed by atoms with E-state index in [1.807, 2.05) is 0 Å². The summed E-state index contributed by atoms with van der Waals surface area (Å²) in [7, 11) is 0. The van der Waals surface area contributed by atoms with Crippen LogP contribution in [0, 0.1) is 0 Å². The van der Waals surface area contributed by atoms with Crippen LogP contribution in [0.5, 0.6) is 0 Å². The number of carbonyl (C=O) groups excluding carboxylic acids is 1. The Balaban J connectivity index is 0. The maximum absolute atomic E-state index is 11.8.